The first-order chi connectivity index (χ1) is 8.75. The molecule has 104 valence electrons. The van der Waals surface area contributed by atoms with Crippen LogP contribution in [0.2, 0.25) is 0 Å². The molecule has 0 spiro atoms. The summed E-state index contributed by atoms with van der Waals surface area (Å²) in [4.78, 5) is 11.7. The third-order valence-electron chi connectivity index (χ3n) is 4.25. The van der Waals surface area contributed by atoms with Gasteiger partial charge in [-0.3, -0.25) is 4.79 Å². The monoisotopic (exact) mass is 254 g/mol. The Bertz CT molecular complexity index is 265. The highest BCUT2D eigenvalue weighted by Gasteiger charge is 2.25. The van der Waals surface area contributed by atoms with Gasteiger partial charge in [0.15, 0.2) is 0 Å². The molecule has 0 bridgehead atoms. The average molecular weight is 254 g/mol. The second kappa shape index (κ2) is 7.10. The van der Waals surface area contributed by atoms with Crippen LogP contribution in [-0.4, -0.2) is 31.2 Å². The van der Waals surface area contributed by atoms with Gasteiger partial charge in [0.1, 0.15) is 0 Å². The van der Waals surface area contributed by atoms with Gasteiger partial charge in [-0.1, -0.05) is 19.3 Å². The van der Waals surface area contributed by atoms with Crippen LogP contribution in [0, 0.1) is 5.92 Å². The molecule has 1 amide bonds. The van der Waals surface area contributed by atoms with Crippen molar-refractivity contribution in [3.05, 3.63) is 0 Å². The lowest BCUT2D eigenvalue weighted by molar-refractivity contribution is -0.122. The van der Waals surface area contributed by atoms with E-state index in [1.165, 1.54) is 32.1 Å². The minimum Gasteiger partial charge on any atom is -0.376 e. The maximum atomic E-state index is 11.7. The van der Waals surface area contributed by atoms with Crippen molar-refractivity contribution in [2.24, 2.45) is 11.7 Å². The van der Waals surface area contributed by atoms with Crippen molar-refractivity contribution < 1.29 is 9.53 Å². The van der Waals surface area contributed by atoms with E-state index in [0.717, 1.165) is 12.8 Å². The quantitative estimate of drug-likeness (QED) is 0.707. The Kier molecular flexibility index (Phi) is 5.45. The molecule has 0 aromatic heterocycles. The summed E-state index contributed by atoms with van der Waals surface area (Å²) in [6.45, 7) is 1.28. The van der Waals surface area contributed by atoms with Gasteiger partial charge >= 0.3 is 0 Å². The number of amides is 1. The zero-order valence-electron chi connectivity index (χ0n) is 11.2. The van der Waals surface area contributed by atoms with Gasteiger partial charge in [0, 0.05) is 19.0 Å². The van der Waals surface area contributed by atoms with Crippen LogP contribution in [-0.2, 0) is 9.53 Å². The van der Waals surface area contributed by atoms with Crippen LogP contribution in [0.25, 0.3) is 0 Å². The fourth-order valence-corrected chi connectivity index (χ4v) is 3.10. The van der Waals surface area contributed by atoms with Gasteiger partial charge < -0.3 is 15.8 Å². The van der Waals surface area contributed by atoms with Crippen LogP contribution in [0.15, 0.2) is 0 Å². The summed E-state index contributed by atoms with van der Waals surface area (Å²) in [5.74, 6) is 0.521. The van der Waals surface area contributed by atoms with E-state index < -0.39 is 0 Å². The number of carbonyl (C=O) groups is 1. The van der Waals surface area contributed by atoms with E-state index in [9.17, 15) is 4.79 Å². The van der Waals surface area contributed by atoms with Gasteiger partial charge in [-0.05, 0) is 31.6 Å². The molecule has 2 rings (SSSR count). The zero-order chi connectivity index (χ0) is 12.8. The summed E-state index contributed by atoms with van der Waals surface area (Å²) in [5, 5.41) is 2.93. The first-order valence-electron chi connectivity index (χ1n) is 7.39. The Hall–Kier alpha value is -0.610. The second-order valence-corrected chi connectivity index (χ2v) is 5.69. The molecule has 2 atom stereocenters. The van der Waals surface area contributed by atoms with Gasteiger partial charge in [0.2, 0.25) is 5.91 Å². The van der Waals surface area contributed by atoms with Crippen LogP contribution in [0.1, 0.15) is 51.4 Å². The van der Waals surface area contributed by atoms with E-state index in [2.05, 4.69) is 5.32 Å². The lowest BCUT2D eigenvalue weighted by Gasteiger charge is -2.15. The highest BCUT2D eigenvalue weighted by atomic mass is 16.5. The normalized spacial score (nSPS) is 28.7. The fraction of sp³-hybridized carbons (Fsp3) is 0.929. The van der Waals surface area contributed by atoms with Gasteiger partial charge in [-0.25, -0.2) is 0 Å². The van der Waals surface area contributed by atoms with Crippen LogP contribution >= 0.6 is 0 Å². The molecule has 18 heavy (non-hydrogen) atoms. The summed E-state index contributed by atoms with van der Waals surface area (Å²) in [5.41, 5.74) is 5.96. The van der Waals surface area contributed by atoms with Crippen molar-refractivity contribution in [3.8, 4) is 0 Å². The highest BCUT2D eigenvalue weighted by Crippen LogP contribution is 2.26. The van der Waals surface area contributed by atoms with E-state index in [0.29, 0.717) is 31.6 Å². The van der Waals surface area contributed by atoms with E-state index in [1.54, 1.807) is 0 Å². The molecule has 0 aromatic rings. The smallest absolute Gasteiger partial charge is 0.220 e. The molecule has 0 unspecified atom stereocenters. The molecule has 2 aliphatic carbocycles. The highest BCUT2D eigenvalue weighted by molar-refractivity contribution is 5.76. The maximum Gasteiger partial charge on any atom is 0.220 e. The SMILES string of the molecule is N[C@@H]1CCC[C@H]1CC(=O)NCCOC1CCCC1. The first-order valence-corrected chi connectivity index (χ1v) is 7.39. The molecule has 0 radical (unpaired) electrons. The van der Waals surface area contributed by atoms with Crippen molar-refractivity contribution >= 4 is 5.91 Å². The summed E-state index contributed by atoms with van der Waals surface area (Å²) in [6.07, 6.45) is 9.32. The zero-order valence-corrected chi connectivity index (χ0v) is 11.2. The van der Waals surface area contributed by atoms with Crippen LogP contribution < -0.4 is 11.1 Å². The molecule has 2 saturated carbocycles. The molecule has 0 aromatic carbocycles. The number of ether oxygens (including phenoxy) is 1. The molecular formula is C14H26N2O2. The van der Waals surface area contributed by atoms with Gasteiger partial charge in [-0.15, -0.1) is 0 Å². The fourth-order valence-electron chi connectivity index (χ4n) is 3.10. The number of nitrogens with one attached hydrogen (secondary N) is 1. The summed E-state index contributed by atoms with van der Waals surface area (Å²) >= 11 is 0. The van der Waals surface area contributed by atoms with E-state index >= 15 is 0 Å². The number of hydrogen-bond acceptors (Lipinski definition) is 3. The molecule has 2 aliphatic rings. The Morgan fingerprint density at radius 3 is 2.61 bits per heavy atom. The molecule has 0 heterocycles. The van der Waals surface area contributed by atoms with Gasteiger partial charge in [0.05, 0.1) is 12.7 Å². The summed E-state index contributed by atoms with van der Waals surface area (Å²) < 4.78 is 5.71. The predicted octanol–water partition coefficient (Wildman–Crippen LogP) is 1.58. The molecule has 0 aliphatic heterocycles. The third kappa shape index (κ3) is 4.25. The summed E-state index contributed by atoms with van der Waals surface area (Å²) in [7, 11) is 0. The molecule has 4 heteroatoms. The van der Waals surface area contributed by atoms with E-state index in [1.807, 2.05) is 0 Å². The number of nitrogens with two attached hydrogens (primary N) is 1. The molecular weight excluding hydrogens is 228 g/mol. The van der Waals surface area contributed by atoms with E-state index in [4.69, 9.17) is 10.5 Å². The van der Waals surface area contributed by atoms with Crippen molar-refractivity contribution in [2.45, 2.75) is 63.5 Å². The lowest BCUT2D eigenvalue weighted by atomic mass is 10.00. The second-order valence-electron chi connectivity index (χ2n) is 5.69. The Labute approximate surface area is 110 Å². The third-order valence-corrected chi connectivity index (χ3v) is 4.25. The first kappa shape index (κ1) is 13.8. The average Bonchev–Trinajstić information content (AvgIpc) is 2.98. The minimum atomic E-state index is 0.132. The largest absolute Gasteiger partial charge is 0.376 e. The van der Waals surface area contributed by atoms with Gasteiger partial charge in [0.25, 0.3) is 0 Å². The Morgan fingerprint density at radius 2 is 1.94 bits per heavy atom. The van der Waals surface area contributed by atoms with Crippen molar-refractivity contribution in [1.29, 1.82) is 0 Å². The van der Waals surface area contributed by atoms with Crippen LogP contribution in [0.5, 0.6) is 0 Å². The maximum absolute atomic E-state index is 11.7. The standard InChI is InChI=1S/C14H26N2O2/c15-13-7-3-4-11(13)10-14(17)16-8-9-18-12-5-1-2-6-12/h11-13H,1-10,15H2,(H,16,17)/t11-,13+/m0/s1. The van der Waals surface area contributed by atoms with Crippen LogP contribution in [0.4, 0.5) is 0 Å². The Morgan fingerprint density at radius 1 is 1.17 bits per heavy atom. The Balaban J connectivity index is 1.51. The van der Waals surface area contributed by atoms with Gasteiger partial charge in [-0.2, -0.15) is 0 Å². The van der Waals surface area contributed by atoms with Crippen molar-refractivity contribution in [2.75, 3.05) is 13.2 Å². The number of hydrogen-bond donors (Lipinski definition) is 2. The lowest BCUT2D eigenvalue weighted by Crippen LogP contribution is -2.33. The molecule has 0 saturated heterocycles. The number of rotatable bonds is 6. The van der Waals surface area contributed by atoms with Crippen molar-refractivity contribution in [3.63, 3.8) is 0 Å². The molecule has 3 N–H and O–H groups in total. The topological polar surface area (TPSA) is 64.4 Å². The number of carbonyl (C=O) groups excluding carboxylic acids is 1. The van der Waals surface area contributed by atoms with E-state index in [-0.39, 0.29) is 11.9 Å². The molecule has 2 fully saturated rings. The minimum absolute atomic E-state index is 0.132. The van der Waals surface area contributed by atoms with Crippen LogP contribution in [0.3, 0.4) is 0 Å². The predicted molar refractivity (Wildman–Crippen MR) is 71.2 cm³/mol. The van der Waals surface area contributed by atoms with Crippen molar-refractivity contribution in [1.82, 2.24) is 5.32 Å². The summed E-state index contributed by atoms with van der Waals surface area (Å²) in [6, 6.07) is 0.227. The molecule has 4 nitrogen and oxygen atoms in total.